The van der Waals surface area contributed by atoms with Gasteiger partial charge in [-0.05, 0) is 18.6 Å². The van der Waals surface area contributed by atoms with Crippen molar-refractivity contribution >= 4 is 23.3 Å². The van der Waals surface area contributed by atoms with Gasteiger partial charge in [-0.15, -0.1) is 0 Å². The molecule has 0 saturated carbocycles. The first-order chi connectivity index (χ1) is 12.0. The molecule has 0 aliphatic carbocycles. The number of rotatable bonds is 5. The summed E-state index contributed by atoms with van der Waals surface area (Å²) in [5.41, 5.74) is 0.777. The average Bonchev–Trinajstić information content (AvgIpc) is 2.85. The van der Waals surface area contributed by atoms with Gasteiger partial charge in [0.2, 0.25) is 0 Å². The minimum Gasteiger partial charge on any atom is -0.503 e. The monoisotopic (exact) mass is 365 g/mol. The zero-order valence-electron chi connectivity index (χ0n) is 14.1. The van der Waals surface area contributed by atoms with Gasteiger partial charge in [-0.1, -0.05) is 29.8 Å². The van der Waals surface area contributed by atoms with E-state index < -0.39 is 17.7 Å². The molecule has 0 spiro atoms. The Morgan fingerprint density at radius 3 is 2.68 bits per heavy atom. The van der Waals surface area contributed by atoms with Crippen LogP contribution in [0.3, 0.4) is 0 Å². The number of hydrogen-bond acceptors (Lipinski definition) is 4. The number of benzene rings is 1. The van der Waals surface area contributed by atoms with Crippen molar-refractivity contribution < 1.29 is 24.3 Å². The van der Waals surface area contributed by atoms with E-state index in [1.54, 1.807) is 23.1 Å². The lowest BCUT2D eigenvalue weighted by Gasteiger charge is -2.30. The lowest BCUT2D eigenvalue weighted by atomic mass is 9.96. The average molecular weight is 366 g/mol. The van der Waals surface area contributed by atoms with Gasteiger partial charge < -0.3 is 19.6 Å². The fraction of sp³-hybridized carbons (Fsp3) is 0.444. The number of nitrogens with one attached hydrogen (secondary N) is 1. The van der Waals surface area contributed by atoms with Crippen molar-refractivity contribution in [3.05, 3.63) is 46.2 Å². The highest BCUT2D eigenvalue weighted by Gasteiger charge is 2.43. The van der Waals surface area contributed by atoms with Crippen LogP contribution in [0.25, 0.3) is 0 Å². The van der Waals surface area contributed by atoms with Crippen LogP contribution in [0.1, 0.15) is 18.5 Å². The van der Waals surface area contributed by atoms with Crippen LogP contribution in [-0.4, -0.2) is 61.1 Å². The minimum absolute atomic E-state index is 0.120. The van der Waals surface area contributed by atoms with Crippen molar-refractivity contribution in [2.24, 2.45) is 0 Å². The maximum atomic E-state index is 12.6. The lowest BCUT2D eigenvalue weighted by Crippen LogP contribution is -3.14. The van der Waals surface area contributed by atoms with Crippen LogP contribution >= 0.6 is 11.6 Å². The molecule has 0 aromatic heterocycles. The van der Waals surface area contributed by atoms with Crippen molar-refractivity contribution in [2.45, 2.75) is 13.0 Å². The van der Waals surface area contributed by atoms with Crippen LogP contribution in [0.4, 0.5) is 0 Å². The van der Waals surface area contributed by atoms with E-state index in [0.29, 0.717) is 30.3 Å². The summed E-state index contributed by atoms with van der Waals surface area (Å²) in [7, 11) is 0. The molecule has 1 aromatic carbocycles. The Morgan fingerprint density at radius 2 is 2.04 bits per heavy atom. The molecule has 1 aromatic rings. The molecule has 2 aliphatic heterocycles. The summed E-state index contributed by atoms with van der Waals surface area (Å²) in [6, 6.07) is 6.47. The number of aliphatic hydroxyl groups excluding tert-OH is 1. The number of hydrogen-bond donors (Lipinski definition) is 2. The first-order valence-electron chi connectivity index (χ1n) is 8.41. The number of Topliss-reactive ketones (excluding diaryl/α,β-unsaturated/α-hetero) is 1. The second kappa shape index (κ2) is 7.56. The molecule has 1 amide bonds. The molecular weight excluding hydrogens is 344 g/mol. The van der Waals surface area contributed by atoms with Crippen molar-refractivity contribution in [3.8, 4) is 0 Å². The normalized spacial score (nSPS) is 21.9. The summed E-state index contributed by atoms with van der Waals surface area (Å²) < 4.78 is 5.35. The number of nitrogens with zero attached hydrogens (tertiary/aromatic N) is 1. The Hall–Kier alpha value is -1.89. The molecule has 134 valence electrons. The molecule has 1 atom stereocenters. The number of quaternary nitrogens is 1. The number of amides is 1. The molecule has 25 heavy (non-hydrogen) atoms. The highest BCUT2D eigenvalue weighted by Crippen LogP contribution is 2.39. The van der Waals surface area contributed by atoms with Gasteiger partial charge in [-0.2, -0.15) is 0 Å². The fourth-order valence-electron chi connectivity index (χ4n) is 3.45. The quantitative estimate of drug-likeness (QED) is 0.799. The summed E-state index contributed by atoms with van der Waals surface area (Å²) in [5, 5.41) is 10.7. The van der Waals surface area contributed by atoms with Gasteiger partial charge in [0.05, 0.1) is 37.9 Å². The van der Waals surface area contributed by atoms with E-state index in [4.69, 9.17) is 16.3 Å². The molecule has 2 heterocycles. The third kappa shape index (κ3) is 3.56. The first kappa shape index (κ1) is 17.9. The molecule has 0 radical (unpaired) electrons. The van der Waals surface area contributed by atoms with Crippen molar-refractivity contribution in [2.75, 3.05) is 39.4 Å². The smallest absolute Gasteiger partial charge is 0.290 e. The standard InChI is InChI=1S/C18H21ClN2O4/c1-12(22)15-16(13-4-2-3-5-14(13)19)21(18(24)17(15)23)7-6-20-8-10-25-11-9-20/h2-5,16,23H,6-11H2,1H3/p+1/t16-/m1/s1. The number of carbonyl (C=O) groups excluding carboxylic acids is 2. The Morgan fingerprint density at radius 1 is 1.36 bits per heavy atom. The molecule has 0 unspecified atom stereocenters. The molecule has 6 nitrogen and oxygen atoms in total. The number of aliphatic hydroxyl groups is 1. The summed E-state index contributed by atoms with van der Waals surface area (Å²) in [6.07, 6.45) is 0. The van der Waals surface area contributed by atoms with Gasteiger partial charge in [-0.3, -0.25) is 9.59 Å². The Labute approximate surface area is 151 Å². The van der Waals surface area contributed by atoms with Gasteiger partial charge in [0.15, 0.2) is 11.5 Å². The summed E-state index contributed by atoms with van der Waals surface area (Å²) in [6.45, 7) is 5.72. The second-order valence-corrected chi connectivity index (χ2v) is 6.76. The van der Waals surface area contributed by atoms with Gasteiger partial charge in [0, 0.05) is 5.02 Å². The van der Waals surface area contributed by atoms with E-state index in [1.165, 1.54) is 11.8 Å². The second-order valence-electron chi connectivity index (χ2n) is 6.35. The third-order valence-corrected chi connectivity index (χ3v) is 5.13. The lowest BCUT2D eigenvalue weighted by molar-refractivity contribution is -0.907. The molecule has 1 fully saturated rings. The molecule has 7 heteroatoms. The highest BCUT2D eigenvalue weighted by molar-refractivity contribution is 6.31. The summed E-state index contributed by atoms with van der Waals surface area (Å²) in [4.78, 5) is 27.6. The van der Waals surface area contributed by atoms with Crippen LogP contribution in [0, 0.1) is 0 Å². The Kier molecular flexibility index (Phi) is 5.42. The molecular formula is C18H22ClN2O4+. The van der Waals surface area contributed by atoms with Gasteiger partial charge in [0.25, 0.3) is 5.91 Å². The summed E-state index contributed by atoms with van der Waals surface area (Å²) >= 11 is 6.31. The number of ether oxygens (including phenoxy) is 1. The Bertz CT molecular complexity index is 713. The van der Waals surface area contributed by atoms with E-state index in [9.17, 15) is 14.7 Å². The topological polar surface area (TPSA) is 71.3 Å². The van der Waals surface area contributed by atoms with Crippen molar-refractivity contribution in [1.29, 1.82) is 0 Å². The van der Waals surface area contributed by atoms with Crippen LogP contribution in [0.2, 0.25) is 5.02 Å². The zero-order valence-corrected chi connectivity index (χ0v) is 14.9. The van der Waals surface area contributed by atoms with Crippen LogP contribution in [-0.2, 0) is 14.3 Å². The number of halogens is 1. The minimum atomic E-state index is -0.640. The third-order valence-electron chi connectivity index (χ3n) is 4.79. The summed E-state index contributed by atoms with van der Waals surface area (Å²) in [5.74, 6) is -1.30. The van der Waals surface area contributed by atoms with Gasteiger partial charge in [0.1, 0.15) is 13.1 Å². The maximum absolute atomic E-state index is 12.6. The SMILES string of the molecule is CC(=O)C1=C(O)C(=O)N(CC[NH+]2CCOCC2)[C@@H]1c1ccccc1Cl. The number of morpholine rings is 1. The largest absolute Gasteiger partial charge is 0.503 e. The fourth-order valence-corrected chi connectivity index (χ4v) is 3.69. The van der Waals surface area contributed by atoms with Crippen LogP contribution in [0.15, 0.2) is 35.6 Å². The zero-order chi connectivity index (χ0) is 18.0. The van der Waals surface area contributed by atoms with E-state index in [0.717, 1.165) is 19.6 Å². The van der Waals surface area contributed by atoms with Crippen molar-refractivity contribution in [1.82, 2.24) is 4.90 Å². The van der Waals surface area contributed by atoms with E-state index in [2.05, 4.69) is 0 Å². The maximum Gasteiger partial charge on any atom is 0.290 e. The van der Waals surface area contributed by atoms with Gasteiger partial charge >= 0.3 is 0 Å². The van der Waals surface area contributed by atoms with E-state index >= 15 is 0 Å². The molecule has 3 rings (SSSR count). The number of carbonyl (C=O) groups is 2. The van der Waals surface area contributed by atoms with Crippen LogP contribution < -0.4 is 4.90 Å². The molecule has 1 saturated heterocycles. The Balaban J connectivity index is 1.88. The predicted octanol–water partition coefficient (Wildman–Crippen LogP) is 0.540. The molecule has 2 aliphatic rings. The molecule has 2 N–H and O–H groups in total. The van der Waals surface area contributed by atoms with Crippen LogP contribution in [0.5, 0.6) is 0 Å². The predicted molar refractivity (Wildman–Crippen MR) is 92.6 cm³/mol. The van der Waals surface area contributed by atoms with Gasteiger partial charge in [-0.25, -0.2) is 0 Å². The molecule has 0 bridgehead atoms. The highest BCUT2D eigenvalue weighted by atomic mass is 35.5. The van der Waals surface area contributed by atoms with Crippen molar-refractivity contribution in [3.63, 3.8) is 0 Å². The van der Waals surface area contributed by atoms with E-state index in [1.807, 2.05) is 6.07 Å². The first-order valence-corrected chi connectivity index (χ1v) is 8.79. The van der Waals surface area contributed by atoms with E-state index in [-0.39, 0.29) is 11.4 Å². The number of ketones is 1.